The maximum absolute atomic E-state index is 11.1. The van der Waals surface area contributed by atoms with Crippen LogP contribution >= 0.6 is 0 Å². The molecule has 1 unspecified atom stereocenters. The number of rotatable bonds is 5. The lowest BCUT2D eigenvalue weighted by molar-refractivity contribution is -0.107. The average Bonchev–Trinajstić information content (AvgIpc) is 2.88. The average molecular weight is 361 g/mol. The Hall–Kier alpha value is -2.88. The van der Waals surface area contributed by atoms with E-state index in [9.17, 15) is 9.59 Å². The molecule has 0 aromatic heterocycles. The van der Waals surface area contributed by atoms with Gasteiger partial charge in [-0.15, -0.1) is 0 Å². The van der Waals surface area contributed by atoms with Crippen LogP contribution in [0.4, 0.5) is 5.69 Å². The minimum atomic E-state index is -0.692. The zero-order valence-corrected chi connectivity index (χ0v) is 15.6. The Balaban J connectivity index is 1.65. The van der Waals surface area contributed by atoms with Crippen LogP contribution in [0, 0.1) is 0 Å². The molecular formula is C23H23NO3. The number of unbranched alkanes of at least 4 members (excludes halogenated alkanes) is 1. The quantitative estimate of drug-likeness (QED) is 0.628. The summed E-state index contributed by atoms with van der Waals surface area (Å²) >= 11 is 0. The molecule has 4 rings (SSSR count). The van der Waals surface area contributed by atoms with Gasteiger partial charge in [0.1, 0.15) is 18.3 Å². The van der Waals surface area contributed by atoms with Crippen molar-refractivity contribution in [2.45, 2.75) is 44.2 Å². The predicted molar refractivity (Wildman–Crippen MR) is 106 cm³/mol. The Morgan fingerprint density at radius 3 is 2.74 bits per heavy atom. The third kappa shape index (κ3) is 2.76. The molecule has 0 amide bonds. The molecule has 4 heteroatoms. The molecular weight excluding hydrogens is 338 g/mol. The number of aldehydes is 2. The molecule has 0 radical (unpaired) electrons. The monoisotopic (exact) mass is 361 g/mol. The van der Waals surface area contributed by atoms with Crippen molar-refractivity contribution in [3.8, 4) is 5.75 Å². The molecule has 0 saturated heterocycles. The number of carbonyl (C=O) groups excluding carboxylic acids is 2. The van der Waals surface area contributed by atoms with Gasteiger partial charge in [0, 0.05) is 23.2 Å². The second-order valence-electron chi connectivity index (χ2n) is 7.77. The summed E-state index contributed by atoms with van der Waals surface area (Å²) in [7, 11) is 0. The smallest absolute Gasteiger partial charge is 0.209 e. The van der Waals surface area contributed by atoms with Crippen molar-refractivity contribution in [3.63, 3.8) is 0 Å². The topological polar surface area (TPSA) is 55.4 Å². The number of anilines is 1. The third-order valence-electron chi connectivity index (χ3n) is 5.73. The molecule has 2 aliphatic rings. The van der Waals surface area contributed by atoms with Gasteiger partial charge in [-0.05, 0) is 68.2 Å². The number of fused-ring (bicyclic) bond motifs is 2. The zero-order chi connectivity index (χ0) is 19.1. The lowest BCUT2D eigenvalue weighted by Gasteiger charge is -2.41. The minimum Gasteiger partial charge on any atom is -0.463 e. The number of hydrogen-bond donors (Lipinski definition) is 1. The maximum atomic E-state index is 11.1. The van der Waals surface area contributed by atoms with Gasteiger partial charge in [-0.1, -0.05) is 18.2 Å². The molecule has 27 heavy (non-hydrogen) atoms. The number of ether oxygens (including phenoxy) is 1. The third-order valence-corrected chi connectivity index (χ3v) is 5.73. The van der Waals surface area contributed by atoms with Crippen LogP contribution in [-0.4, -0.2) is 18.3 Å². The van der Waals surface area contributed by atoms with Crippen molar-refractivity contribution in [3.05, 3.63) is 64.7 Å². The van der Waals surface area contributed by atoms with E-state index < -0.39 is 5.72 Å². The largest absolute Gasteiger partial charge is 0.463 e. The van der Waals surface area contributed by atoms with Crippen molar-refractivity contribution in [1.82, 2.24) is 0 Å². The molecule has 1 N–H and O–H groups in total. The van der Waals surface area contributed by atoms with Crippen LogP contribution in [0.15, 0.2) is 42.5 Å². The lowest BCUT2D eigenvalue weighted by Crippen LogP contribution is -2.53. The van der Waals surface area contributed by atoms with Crippen LogP contribution < -0.4 is 10.1 Å². The maximum Gasteiger partial charge on any atom is 0.209 e. The van der Waals surface area contributed by atoms with Gasteiger partial charge >= 0.3 is 0 Å². The van der Waals surface area contributed by atoms with Gasteiger partial charge in [0.15, 0.2) is 0 Å². The molecule has 0 aliphatic carbocycles. The number of hydrogen-bond acceptors (Lipinski definition) is 4. The van der Waals surface area contributed by atoms with Crippen molar-refractivity contribution < 1.29 is 14.3 Å². The van der Waals surface area contributed by atoms with E-state index in [1.165, 1.54) is 5.56 Å². The first kappa shape index (κ1) is 17.5. The fraction of sp³-hybridized carbons (Fsp3) is 0.304. The summed E-state index contributed by atoms with van der Waals surface area (Å²) in [5, 5.41) is 3.51. The van der Waals surface area contributed by atoms with Crippen molar-refractivity contribution >= 4 is 24.3 Å². The van der Waals surface area contributed by atoms with E-state index in [1.54, 1.807) is 0 Å². The second kappa shape index (κ2) is 6.38. The van der Waals surface area contributed by atoms with Crippen molar-refractivity contribution in [1.29, 1.82) is 0 Å². The van der Waals surface area contributed by atoms with Crippen LogP contribution in [0.25, 0.3) is 6.08 Å². The standard InChI is InChI=1S/C23H23NO3/c1-22(2)19-8-6-17(15-26)14-20(19)24-23(22)11-10-18-13-16(5-3-4-12-25)7-9-21(18)27-23/h6-15,24H,3-5H2,1-2H3. The molecule has 2 aromatic rings. The first-order valence-electron chi connectivity index (χ1n) is 9.32. The predicted octanol–water partition coefficient (Wildman–Crippen LogP) is 4.53. The molecule has 0 bridgehead atoms. The van der Waals surface area contributed by atoms with Crippen molar-refractivity contribution in [2.75, 3.05) is 5.32 Å². The highest BCUT2D eigenvalue weighted by Crippen LogP contribution is 2.51. The van der Waals surface area contributed by atoms with Gasteiger partial charge in [-0.3, -0.25) is 4.79 Å². The number of carbonyl (C=O) groups is 2. The lowest BCUT2D eigenvalue weighted by atomic mass is 9.76. The normalized spacial score (nSPS) is 21.1. The van der Waals surface area contributed by atoms with Crippen LogP contribution in [0.2, 0.25) is 0 Å². The summed E-state index contributed by atoms with van der Waals surface area (Å²) in [6, 6.07) is 11.9. The first-order chi connectivity index (χ1) is 13.0. The molecule has 4 nitrogen and oxygen atoms in total. The van der Waals surface area contributed by atoms with Gasteiger partial charge in [-0.25, -0.2) is 0 Å². The SMILES string of the molecule is CC1(C)c2ccc(C=O)cc2NC12C=Cc1cc(CCCC=O)ccc1O2. The summed E-state index contributed by atoms with van der Waals surface area (Å²) < 4.78 is 6.49. The van der Waals surface area contributed by atoms with Gasteiger partial charge < -0.3 is 14.8 Å². The van der Waals surface area contributed by atoms with E-state index in [0.717, 1.165) is 48.0 Å². The van der Waals surface area contributed by atoms with E-state index in [0.29, 0.717) is 12.0 Å². The highest BCUT2D eigenvalue weighted by Gasteiger charge is 2.54. The number of nitrogens with one attached hydrogen (secondary N) is 1. The molecule has 2 aromatic carbocycles. The highest BCUT2D eigenvalue weighted by molar-refractivity contribution is 5.80. The fourth-order valence-corrected chi connectivity index (χ4v) is 4.02. The summed E-state index contributed by atoms with van der Waals surface area (Å²) in [5.41, 5.74) is 3.97. The first-order valence-corrected chi connectivity index (χ1v) is 9.32. The van der Waals surface area contributed by atoms with Crippen molar-refractivity contribution in [2.24, 2.45) is 0 Å². The summed E-state index contributed by atoms with van der Waals surface area (Å²) in [5.74, 6) is 0.834. The molecule has 2 heterocycles. The Bertz CT molecular complexity index is 945. The van der Waals surface area contributed by atoms with Gasteiger partial charge in [0.2, 0.25) is 5.72 Å². The Morgan fingerprint density at radius 1 is 1.11 bits per heavy atom. The second-order valence-corrected chi connectivity index (χ2v) is 7.77. The molecule has 1 atom stereocenters. The van der Waals surface area contributed by atoms with Gasteiger partial charge in [0.25, 0.3) is 0 Å². The van der Waals surface area contributed by atoms with Gasteiger partial charge in [-0.2, -0.15) is 0 Å². The van der Waals surface area contributed by atoms with Crippen LogP contribution in [0.5, 0.6) is 5.75 Å². The Kier molecular flexibility index (Phi) is 4.14. The minimum absolute atomic E-state index is 0.305. The molecule has 2 aliphatic heterocycles. The summed E-state index contributed by atoms with van der Waals surface area (Å²) in [6.45, 7) is 4.30. The highest BCUT2D eigenvalue weighted by atomic mass is 16.5. The van der Waals surface area contributed by atoms with Crippen LogP contribution in [0.1, 0.15) is 53.7 Å². The number of aryl methyl sites for hydroxylation is 1. The summed E-state index contributed by atoms with van der Waals surface area (Å²) in [4.78, 5) is 21.6. The zero-order valence-electron chi connectivity index (χ0n) is 15.6. The summed E-state index contributed by atoms with van der Waals surface area (Å²) in [6.07, 6.45) is 8.33. The molecule has 0 fully saturated rings. The fourth-order valence-electron chi connectivity index (χ4n) is 4.02. The molecule has 1 spiro atoms. The van der Waals surface area contributed by atoms with E-state index in [1.807, 2.05) is 24.3 Å². The molecule has 0 saturated carbocycles. The van der Waals surface area contributed by atoms with E-state index in [-0.39, 0.29) is 5.41 Å². The van der Waals surface area contributed by atoms with Crippen LogP contribution in [-0.2, 0) is 16.6 Å². The Labute approximate surface area is 159 Å². The van der Waals surface area contributed by atoms with E-state index in [4.69, 9.17) is 4.74 Å². The molecule has 138 valence electrons. The van der Waals surface area contributed by atoms with Gasteiger partial charge in [0.05, 0.1) is 5.41 Å². The Morgan fingerprint density at radius 2 is 1.96 bits per heavy atom. The van der Waals surface area contributed by atoms with E-state index >= 15 is 0 Å². The number of benzene rings is 2. The van der Waals surface area contributed by atoms with E-state index in [2.05, 4.69) is 43.4 Å². The van der Waals surface area contributed by atoms with Crippen LogP contribution in [0.3, 0.4) is 0 Å².